The number of nitrogens with one attached hydrogen (secondary N) is 1. The van der Waals surface area contributed by atoms with Crippen LogP contribution >= 0.6 is 0 Å². The van der Waals surface area contributed by atoms with Crippen LogP contribution in [-0.2, 0) is 6.42 Å². The summed E-state index contributed by atoms with van der Waals surface area (Å²) in [6, 6.07) is 3.94. The van der Waals surface area contributed by atoms with Gasteiger partial charge in [0.1, 0.15) is 5.82 Å². The van der Waals surface area contributed by atoms with Gasteiger partial charge in [-0.15, -0.1) is 0 Å². The second-order valence-electron chi connectivity index (χ2n) is 5.53. The van der Waals surface area contributed by atoms with Crippen LogP contribution in [0.2, 0.25) is 0 Å². The maximum absolute atomic E-state index is 4.50. The van der Waals surface area contributed by atoms with E-state index in [1.165, 1.54) is 0 Å². The number of nitrogens with zero attached hydrogens (tertiary/aromatic N) is 2. The molecule has 0 spiro atoms. The van der Waals surface area contributed by atoms with Gasteiger partial charge in [0.05, 0.1) is 5.52 Å². The molecular formula is C13H19N3. The molecule has 0 aliphatic rings. The molecule has 0 aliphatic carbocycles. The van der Waals surface area contributed by atoms with E-state index in [1.807, 2.05) is 12.1 Å². The third kappa shape index (κ3) is 2.23. The topological polar surface area (TPSA) is 41.6 Å². The van der Waals surface area contributed by atoms with Crippen molar-refractivity contribution in [3.8, 4) is 0 Å². The van der Waals surface area contributed by atoms with Gasteiger partial charge in [-0.3, -0.25) is 0 Å². The number of pyridine rings is 1. The molecule has 2 aromatic heterocycles. The van der Waals surface area contributed by atoms with Gasteiger partial charge < -0.3 is 4.98 Å². The van der Waals surface area contributed by atoms with E-state index in [-0.39, 0.29) is 0 Å². The monoisotopic (exact) mass is 217 g/mol. The van der Waals surface area contributed by atoms with E-state index >= 15 is 0 Å². The van der Waals surface area contributed by atoms with E-state index in [1.54, 1.807) is 6.20 Å². The second kappa shape index (κ2) is 3.89. The highest BCUT2D eigenvalue weighted by molar-refractivity contribution is 5.69. The highest BCUT2D eigenvalue weighted by Gasteiger charge is 2.21. The summed E-state index contributed by atoms with van der Waals surface area (Å²) in [5, 5.41) is 0. The Kier molecular flexibility index (Phi) is 2.70. The second-order valence-corrected chi connectivity index (χ2v) is 5.53. The predicted molar refractivity (Wildman–Crippen MR) is 66.2 cm³/mol. The summed E-state index contributed by atoms with van der Waals surface area (Å²) in [5.41, 5.74) is 2.16. The average molecular weight is 217 g/mol. The summed E-state index contributed by atoms with van der Waals surface area (Å²) in [4.78, 5) is 12.1. The van der Waals surface area contributed by atoms with Crippen LogP contribution in [0, 0.1) is 11.3 Å². The van der Waals surface area contributed by atoms with Crippen molar-refractivity contribution in [3.63, 3.8) is 0 Å². The van der Waals surface area contributed by atoms with Crippen LogP contribution in [0.1, 0.15) is 33.5 Å². The molecule has 3 heteroatoms. The van der Waals surface area contributed by atoms with Crippen molar-refractivity contribution in [2.24, 2.45) is 11.3 Å². The Balaban J connectivity index is 2.22. The first-order chi connectivity index (χ1) is 7.47. The first-order valence-corrected chi connectivity index (χ1v) is 5.76. The number of rotatable bonds is 2. The normalized spacial score (nSPS) is 14.2. The van der Waals surface area contributed by atoms with E-state index < -0.39 is 0 Å². The van der Waals surface area contributed by atoms with Crippen molar-refractivity contribution in [2.75, 3.05) is 0 Å². The molecule has 0 radical (unpaired) electrons. The first kappa shape index (κ1) is 11.1. The average Bonchev–Trinajstić information content (AvgIpc) is 2.58. The summed E-state index contributed by atoms with van der Waals surface area (Å²) in [5.74, 6) is 1.63. The largest absolute Gasteiger partial charge is 0.341 e. The third-order valence-electron chi connectivity index (χ3n) is 3.28. The number of fused-ring (bicyclic) bond motifs is 1. The molecular weight excluding hydrogens is 198 g/mol. The van der Waals surface area contributed by atoms with Crippen molar-refractivity contribution in [3.05, 3.63) is 24.2 Å². The zero-order valence-corrected chi connectivity index (χ0v) is 10.4. The molecule has 1 N–H and O–H groups in total. The highest BCUT2D eigenvalue weighted by atomic mass is 15.0. The molecule has 3 nitrogen and oxygen atoms in total. The minimum Gasteiger partial charge on any atom is -0.341 e. The van der Waals surface area contributed by atoms with E-state index in [4.69, 9.17) is 0 Å². The molecule has 16 heavy (non-hydrogen) atoms. The first-order valence-electron chi connectivity index (χ1n) is 5.76. The van der Waals surface area contributed by atoms with Gasteiger partial charge in [-0.25, -0.2) is 9.97 Å². The number of hydrogen-bond donors (Lipinski definition) is 1. The molecule has 1 unspecified atom stereocenters. The predicted octanol–water partition coefficient (Wildman–Crippen LogP) is 3.18. The van der Waals surface area contributed by atoms with Crippen LogP contribution in [0.15, 0.2) is 18.3 Å². The van der Waals surface area contributed by atoms with E-state index in [9.17, 15) is 0 Å². The zero-order chi connectivity index (χ0) is 11.8. The maximum Gasteiger partial charge on any atom is 0.177 e. The Morgan fingerprint density at radius 3 is 2.75 bits per heavy atom. The summed E-state index contributed by atoms with van der Waals surface area (Å²) in [6.45, 7) is 9.05. The third-order valence-corrected chi connectivity index (χ3v) is 3.28. The molecule has 0 aromatic carbocycles. The molecule has 0 amide bonds. The summed E-state index contributed by atoms with van der Waals surface area (Å²) >= 11 is 0. The molecule has 2 aromatic rings. The van der Waals surface area contributed by atoms with Gasteiger partial charge in [0, 0.05) is 12.6 Å². The van der Waals surface area contributed by atoms with Crippen molar-refractivity contribution in [1.29, 1.82) is 0 Å². The number of aromatic nitrogens is 3. The quantitative estimate of drug-likeness (QED) is 0.839. The maximum atomic E-state index is 4.50. The van der Waals surface area contributed by atoms with Crippen LogP contribution < -0.4 is 0 Å². The van der Waals surface area contributed by atoms with Gasteiger partial charge in [0.2, 0.25) is 0 Å². The fourth-order valence-corrected chi connectivity index (χ4v) is 1.59. The van der Waals surface area contributed by atoms with E-state index in [0.717, 1.165) is 23.4 Å². The Morgan fingerprint density at radius 1 is 1.38 bits per heavy atom. The van der Waals surface area contributed by atoms with Crippen molar-refractivity contribution >= 4 is 11.2 Å². The molecule has 1 atom stereocenters. The fraction of sp³-hybridized carbons (Fsp3) is 0.538. The Bertz CT molecular complexity index is 446. The van der Waals surface area contributed by atoms with Crippen LogP contribution in [0.3, 0.4) is 0 Å². The van der Waals surface area contributed by atoms with Gasteiger partial charge in [0.15, 0.2) is 5.65 Å². The lowest BCUT2D eigenvalue weighted by Crippen LogP contribution is -2.19. The van der Waals surface area contributed by atoms with Gasteiger partial charge in [-0.05, 0) is 23.5 Å². The summed E-state index contributed by atoms with van der Waals surface area (Å²) in [7, 11) is 0. The number of H-pyrrole nitrogens is 1. The minimum atomic E-state index is 0.312. The molecule has 86 valence electrons. The molecule has 0 bridgehead atoms. The lowest BCUT2D eigenvalue weighted by Gasteiger charge is -2.26. The molecule has 0 saturated carbocycles. The lowest BCUT2D eigenvalue weighted by atomic mass is 9.80. The summed E-state index contributed by atoms with van der Waals surface area (Å²) < 4.78 is 0. The van der Waals surface area contributed by atoms with E-state index in [2.05, 4.69) is 42.6 Å². The van der Waals surface area contributed by atoms with Crippen LogP contribution in [0.25, 0.3) is 11.2 Å². The molecule has 2 rings (SSSR count). The Labute approximate surface area is 96.3 Å². The molecule has 0 aliphatic heterocycles. The molecule has 2 heterocycles. The zero-order valence-electron chi connectivity index (χ0n) is 10.4. The van der Waals surface area contributed by atoms with Crippen molar-refractivity contribution < 1.29 is 0 Å². The minimum absolute atomic E-state index is 0.312. The fourth-order valence-electron chi connectivity index (χ4n) is 1.59. The lowest BCUT2D eigenvalue weighted by molar-refractivity contribution is 0.257. The van der Waals surface area contributed by atoms with Crippen LogP contribution in [0.4, 0.5) is 0 Å². The van der Waals surface area contributed by atoms with Crippen LogP contribution in [-0.4, -0.2) is 15.0 Å². The van der Waals surface area contributed by atoms with Gasteiger partial charge in [-0.1, -0.05) is 27.7 Å². The summed E-state index contributed by atoms with van der Waals surface area (Å²) in [6.07, 6.45) is 2.75. The smallest absolute Gasteiger partial charge is 0.177 e. The Morgan fingerprint density at radius 2 is 2.12 bits per heavy atom. The molecule has 0 fully saturated rings. The van der Waals surface area contributed by atoms with Gasteiger partial charge >= 0.3 is 0 Å². The van der Waals surface area contributed by atoms with Crippen molar-refractivity contribution in [1.82, 2.24) is 15.0 Å². The van der Waals surface area contributed by atoms with E-state index in [0.29, 0.717) is 11.3 Å². The van der Waals surface area contributed by atoms with Gasteiger partial charge in [0.25, 0.3) is 0 Å². The number of imidazole rings is 1. The standard InChI is InChI=1S/C13H19N3/c1-9(13(2,3)4)8-11-15-10-6-5-7-14-12(10)16-11/h5-7,9H,8H2,1-4H3,(H,14,15,16). The Hall–Kier alpha value is -1.38. The van der Waals surface area contributed by atoms with Gasteiger partial charge in [-0.2, -0.15) is 0 Å². The van der Waals surface area contributed by atoms with Crippen LogP contribution in [0.5, 0.6) is 0 Å². The van der Waals surface area contributed by atoms with Crippen molar-refractivity contribution in [2.45, 2.75) is 34.1 Å². The highest BCUT2D eigenvalue weighted by Crippen LogP contribution is 2.28. The number of aromatic amines is 1. The number of hydrogen-bond acceptors (Lipinski definition) is 2. The SMILES string of the molecule is CC(Cc1nc2ncccc2[nH]1)C(C)(C)C. The molecule has 0 saturated heterocycles.